The van der Waals surface area contributed by atoms with Crippen LogP contribution in [0.1, 0.15) is 56.4 Å². The van der Waals surface area contributed by atoms with E-state index in [9.17, 15) is 14.7 Å². The zero-order chi connectivity index (χ0) is 28.2. The van der Waals surface area contributed by atoms with E-state index in [1.807, 2.05) is 42.5 Å². The van der Waals surface area contributed by atoms with Crippen LogP contribution in [0.15, 0.2) is 72.8 Å². The third-order valence-electron chi connectivity index (χ3n) is 7.41. The fourth-order valence-corrected chi connectivity index (χ4v) is 5.78. The summed E-state index contributed by atoms with van der Waals surface area (Å²) in [7, 11) is 0. The maximum Gasteiger partial charge on any atom is 0.352 e. The van der Waals surface area contributed by atoms with Gasteiger partial charge in [0.1, 0.15) is 5.69 Å². The SMILES string of the molecule is CC(C)CN(c1ccc(-n2c(C(=O)O)cc3ccccc32)cc1NC(=O)Nc1ccc(Cl)cc1)C1CCCCC1. The molecule has 8 heteroatoms. The number of carboxylic acid groups (broad SMARTS) is 1. The van der Waals surface area contributed by atoms with Crippen molar-refractivity contribution in [2.24, 2.45) is 5.92 Å². The molecule has 0 spiro atoms. The summed E-state index contributed by atoms with van der Waals surface area (Å²) in [6.07, 6.45) is 5.84. The number of benzene rings is 3. The van der Waals surface area contributed by atoms with Crippen LogP contribution < -0.4 is 15.5 Å². The van der Waals surface area contributed by atoms with E-state index >= 15 is 0 Å². The monoisotopic (exact) mass is 558 g/mol. The normalized spacial score (nSPS) is 13.9. The molecule has 0 unspecified atom stereocenters. The van der Waals surface area contributed by atoms with Crippen molar-refractivity contribution in [2.45, 2.75) is 52.0 Å². The van der Waals surface area contributed by atoms with Crippen molar-refractivity contribution < 1.29 is 14.7 Å². The lowest BCUT2D eigenvalue weighted by atomic mass is 9.93. The first-order chi connectivity index (χ1) is 19.3. The molecule has 7 nitrogen and oxygen atoms in total. The number of nitrogens with one attached hydrogen (secondary N) is 2. The fourth-order valence-electron chi connectivity index (χ4n) is 5.65. The van der Waals surface area contributed by atoms with E-state index in [2.05, 4.69) is 29.4 Å². The van der Waals surface area contributed by atoms with Crippen molar-refractivity contribution in [3.8, 4) is 5.69 Å². The highest BCUT2D eigenvalue weighted by molar-refractivity contribution is 6.30. The van der Waals surface area contributed by atoms with Crippen LogP contribution in [0, 0.1) is 5.92 Å². The van der Waals surface area contributed by atoms with Gasteiger partial charge in [-0.25, -0.2) is 9.59 Å². The number of nitrogens with zero attached hydrogens (tertiary/aromatic N) is 2. The lowest BCUT2D eigenvalue weighted by Gasteiger charge is -2.38. The minimum atomic E-state index is -1.01. The highest BCUT2D eigenvalue weighted by Crippen LogP contribution is 2.36. The van der Waals surface area contributed by atoms with Crippen LogP contribution in [0.3, 0.4) is 0 Å². The average Bonchev–Trinajstić information content (AvgIpc) is 3.34. The quantitative estimate of drug-likeness (QED) is 0.202. The van der Waals surface area contributed by atoms with E-state index in [-0.39, 0.29) is 11.7 Å². The lowest BCUT2D eigenvalue weighted by molar-refractivity contribution is 0.0688. The summed E-state index contributed by atoms with van der Waals surface area (Å²) in [5.41, 5.74) is 3.80. The average molecular weight is 559 g/mol. The van der Waals surface area contributed by atoms with Gasteiger partial charge in [0, 0.05) is 34.4 Å². The molecule has 1 heterocycles. The Bertz CT molecular complexity index is 1510. The number of rotatable bonds is 8. The molecule has 2 amide bonds. The molecule has 4 aromatic rings. The maximum atomic E-state index is 13.3. The molecule has 0 atom stereocenters. The van der Waals surface area contributed by atoms with Gasteiger partial charge in [-0.15, -0.1) is 0 Å². The molecule has 1 fully saturated rings. The van der Waals surface area contributed by atoms with Gasteiger partial charge in [0.25, 0.3) is 0 Å². The Morgan fingerprint density at radius 2 is 1.70 bits per heavy atom. The first-order valence-electron chi connectivity index (χ1n) is 13.9. The number of fused-ring (bicyclic) bond motifs is 1. The Morgan fingerprint density at radius 3 is 2.40 bits per heavy atom. The van der Waals surface area contributed by atoms with Gasteiger partial charge < -0.3 is 25.2 Å². The highest BCUT2D eigenvalue weighted by Gasteiger charge is 2.26. The van der Waals surface area contributed by atoms with Crippen molar-refractivity contribution in [2.75, 3.05) is 22.1 Å². The number of hydrogen-bond acceptors (Lipinski definition) is 3. The van der Waals surface area contributed by atoms with E-state index in [1.165, 1.54) is 19.3 Å². The van der Waals surface area contributed by atoms with Crippen molar-refractivity contribution in [3.63, 3.8) is 0 Å². The summed E-state index contributed by atoms with van der Waals surface area (Å²) in [4.78, 5) is 27.9. The first kappa shape index (κ1) is 27.6. The van der Waals surface area contributed by atoms with Crippen LogP contribution in [0.2, 0.25) is 5.02 Å². The Labute approximate surface area is 239 Å². The summed E-state index contributed by atoms with van der Waals surface area (Å²) in [5.74, 6) is -0.594. The molecule has 40 heavy (non-hydrogen) atoms. The zero-order valence-corrected chi connectivity index (χ0v) is 23.6. The van der Waals surface area contributed by atoms with Crippen molar-refractivity contribution >= 4 is 51.6 Å². The second kappa shape index (κ2) is 12.0. The smallest absolute Gasteiger partial charge is 0.352 e. The van der Waals surface area contributed by atoms with Gasteiger partial charge in [-0.2, -0.15) is 0 Å². The van der Waals surface area contributed by atoms with Gasteiger partial charge in [-0.05, 0) is 73.4 Å². The van der Waals surface area contributed by atoms with E-state index < -0.39 is 5.97 Å². The number of urea groups is 1. The summed E-state index contributed by atoms with van der Waals surface area (Å²) in [5, 5.41) is 17.4. The first-order valence-corrected chi connectivity index (χ1v) is 14.3. The standard InChI is InChI=1S/C32H35ClN4O3/c1-21(2)20-36(25-9-4-3-5-10-25)29-17-16-26(37-28-11-7-6-8-22(28)18-30(37)31(38)39)19-27(29)35-32(40)34-24-14-12-23(33)13-15-24/h6-8,11-19,21,25H,3-5,9-10,20H2,1-2H3,(H,38,39)(H2,34,35,40). The summed E-state index contributed by atoms with van der Waals surface area (Å²) < 4.78 is 1.73. The second-order valence-electron chi connectivity index (χ2n) is 10.9. The molecule has 5 rings (SSSR count). The van der Waals surface area contributed by atoms with Crippen LogP contribution >= 0.6 is 11.6 Å². The number of carbonyl (C=O) groups excluding carboxylic acids is 1. The Kier molecular flexibility index (Phi) is 8.31. The van der Waals surface area contributed by atoms with Gasteiger partial charge in [-0.1, -0.05) is 62.9 Å². The third-order valence-corrected chi connectivity index (χ3v) is 7.66. The van der Waals surface area contributed by atoms with Gasteiger partial charge in [0.15, 0.2) is 0 Å². The number of para-hydroxylation sites is 1. The van der Waals surface area contributed by atoms with Crippen LogP contribution in [0.4, 0.5) is 21.9 Å². The molecule has 208 valence electrons. The topological polar surface area (TPSA) is 86.6 Å². The maximum absolute atomic E-state index is 13.3. The number of anilines is 3. The summed E-state index contributed by atoms with van der Waals surface area (Å²) in [6, 6.07) is 22.1. The molecule has 1 aliphatic carbocycles. The molecule has 1 aliphatic rings. The van der Waals surface area contributed by atoms with E-state index in [1.54, 1.807) is 34.9 Å². The van der Waals surface area contributed by atoms with Gasteiger partial charge in [0.05, 0.1) is 16.9 Å². The minimum absolute atomic E-state index is 0.164. The zero-order valence-electron chi connectivity index (χ0n) is 22.9. The molecular weight excluding hydrogens is 524 g/mol. The molecule has 1 saturated carbocycles. The largest absolute Gasteiger partial charge is 0.477 e. The van der Waals surface area contributed by atoms with Crippen molar-refractivity contribution in [3.05, 3.63) is 83.5 Å². The summed E-state index contributed by atoms with van der Waals surface area (Å²) in [6.45, 7) is 5.26. The number of amides is 2. The Hall–Kier alpha value is -3.97. The molecule has 0 bridgehead atoms. The number of carboxylic acids is 1. The van der Waals surface area contributed by atoms with Crippen LogP contribution in [-0.2, 0) is 0 Å². The van der Waals surface area contributed by atoms with Crippen LogP contribution in [0.5, 0.6) is 0 Å². The van der Waals surface area contributed by atoms with Crippen molar-refractivity contribution in [1.29, 1.82) is 0 Å². The summed E-state index contributed by atoms with van der Waals surface area (Å²) >= 11 is 6.01. The molecule has 0 radical (unpaired) electrons. The van der Waals surface area contributed by atoms with Gasteiger partial charge in [0.2, 0.25) is 0 Å². The van der Waals surface area contributed by atoms with Gasteiger partial charge in [-0.3, -0.25) is 0 Å². The fraction of sp³-hybridized carbons (Fsp3) is 0.312. The van der Waals surface area contributed by atoms with Crippen molar-refractivity contribution in [1.82, 2.24) is 4.57 Å². The Balaban J connectivity index is 1.59. The van der Waals surface area contributed by atoms with Crippen LogP contribution in [-0.4, -0.2) is 34.3 Å². The van der Waals surface area contributed by atoms with Crippen LogP contribution in [0.25, 0.3) is 16.6 Å². The van der Waals surface area contributed by atoms with Gasteiger partial charge >= 0.3 is 12.0 Å². The molecule has 0 aliphatic heterocycles. The molecule has 0 saturated heterocycles. The van der Waals surface area contributed by atoms with E-state index in [0.29, 0.717) is 34.0 Å². The van der Waals surface area contributed by atoms with E-state index in [0.717, 1.165) is 36.0 Å². The minimum Gasteiger partial charge on any atom is -0.477 e. The molecule has 3 N–H and O–H groups in total. The number of carbonyl (C=O) groups is 2. The molecular formula is C32H35ClN4O3. The number of halogens is 1. The predicted molar refractivity (Wildman–Crippen MR) is 163 cm³/mol. The number of hydrogen-bond donors (Lipinski definition) is 3. The third kappa shape index (κ3) is 6.10. The lowest BCUT2D eigenvalue weighted by Crippen LogP contribution is -2.40. The molecule has 1 aromatic heterocycles. The predicted octanol–water partition coefficient (Wildman–Crippen LogP) is 8.42. The number of aromatic nitrogens is 1. The van der Waals surface area contributed by atoms with E-state index in [4.69, 9.17) is 11.6 Å². The number of aromatic carboxylic acids is 1. The molecule has 3 aromatic carbocycles. The highest BCUT2D eigenvalue weighted by atomic mass is 35.5. The second-order valence-corrected chi connectivity index (χ2v) is 11.3. The Morgan fingerprint density at radius 1 is 0.975 bits per heavy atom.